The maximum absolute atomic E-state index is 12.0. The molecular formula is C14H18N6O. The van der Waals surface area contributed by atoms with Crippen LogP contribution in [0, 0.1) is 6.92 Å². The van der Waals surface area contributed by atoms with Gasteiger partial charge in [0.05, 0.1) is 0 Å². The summed E-state index contributed by atoms with van der Waals surface area (Å²) in [7, 11) is 0. The smallest absolute Gasteiger partial charge is 0.349 e. The van der Waals surface area contributed by atoms with Crippen molar-refractivity contribution in [3.8, 4) is 0 Å². The molecule has 21 heavy (non-hydrogen) atoms. The van der Waals surface area contributed by atoms with Gasteiger partial charge in [-0.15, -0.1) is 9.78 Å². The topological polar surface area (TPSA) is 97.9 Å². The molecule has 4 N–H and O–H groups in total. The standard InChI is InChI=1S/C14H18N6O/c1-9-17-13(15)20(19-9)14(21)18-12-4-2-10(3-5-12)11-6-7-16-8-11/h2-5,11,16H,6-8H2,1H3,(H,18,21)(H2,15,17,19). The van der Waals surface area contributed by atoms with Gasteiger partial charge in [-0.2, -0.15) is 4.98 Å². The zero-order valence-corrected chi connectivity index (χ0v) is 11.8. The van der Waals surface area contributed by atoms with Crippen molar-refractivity contribution in [3.05, 3.63) is 35.7 Å². The highest BCUT2D eigenvalue weighted by Crippen LogP contribution is 2.23. The minimum atomic E-state index is -0.414. The second kappa shape index (κ2) is 5.53. The molecule has 1 unspecified atom stereocenters. The number of aryl methyl sites for hydroxylation is 1. The average Bonchev–Trinajstić information content (AvgIpc) is 3.09. The number of carbonyl (C=O) groups excluding carboxylic acids is 1. The third-order valence-corrected chi connectivity index (χ3v) is 3.62. The molecule has 110 valence electrons. The number of rotatable bonds is 2. The van der Waals surface area contributed by atoms with Crippen molar-refractivity contribution in [2.24, 2.45) is 0 Å². The largest absolute Gasteiger partial charge is 0.368 e. The number of anilines is 2. The number of benzene rings is 1. The van der Waals surface area contributed by atoms with E-state index in [0.717, 1.165) is 24.2 Å². The molecule has 0 aliphatic carbocycles. The Hall–Kier alpha value is -2.41. The van der Waals surface area contributed by atoms with Crippen molar-refractivity contribution in [2.45, 2.75) is 19.3 Å². The molecule has 7 nitrogen and oxygen atoms in total. The van der Waals surface area contributed by atoms with Gasteiger partial charge in [0.2, 0.25) is 5.95 Å². The van der Waals surface area contributed by atoms with E-state index in [-0.39, 0.29) is 5.95 Å². The average molecular weight is 286 g/mol. The zero-order chi connectivity index (χ0) is 14.8. The molecule has 2 heterocycles. The van der Waals surface area contributed by atoms with Gasteiger partial charge in [-0.1, -0.05) is 12.1 Å². The van der Waals surface area contributed by atoms with Crippen LogP contribution >= 0.6 is 0 Å². The lowest BCUT2D eigenvalue weighted by atomic mass is 9.98. The lowest BCUT2D eigenvalue weighted by Gasteiger charge is -2.10. The molecular weight excluding hydrogens is 268 g/mol. The number of nitrogens with zero attached hydrogens (tertiary/aromatic N) is 3. The number of aromatic nitrogens is 3. The van der Waals surface area contributed by atoms with E-state index in [4.69, 9.17) is 5.73 Å². The molecule has 0 saturated carbocycles. The van der Waals surface area contributed by atoms with E-state index >= 15 is 0 Å². The van der Waals surface area contributed by atoms with Crippen LogP contribution in [0.25, 0.3) is 0 Å². The number of hydrogen-bond acceptors (Lipinski definition) is 5. The summed E-state index contributed by atoms with van der Waals surface area (Å²) in [5, 5.41) is 10.0. The van der Waals surface area contributed by atoms with E-state index in [1.165, 1.54) is 5.56 Å². The summed E-state index contributed by atoms with van der Waals surface area (Å²) >= 11 is 0. The molecule has 7 heteroatoms. The molecule has 0 radical (unpaired) electrons. The summed E-state index contributed by atoms with van der Waals surface area (Å²) in [6, 6.07) is 7.46. The number of hydrogen-bond donors (Lipinski definition) is 3. The van der Waals surface area contributed by atoms with Gasteiger partial charge in [-0.05, 0) is 43.5 Å². The normalized spacial score (nSPS) is 17.9. The van der Waals surface area contributed by atoms with Crippen LogP contribution in [-0.2, 0) is 0 Å². The van der Waals surface area contributed by atoms with Gasteiger partial charge in [0.25, 0.3) is 0 Å². The van der Waals surface area contributed by atoms with E-state index in [1.807, 2.05) is 24.3 Å². The monoisotopic (exact) mass is 286 g/mol. The molecule has 1 aliphatic rings. The van der Waals surface area contributed by atoms with Crippen LogP contribution in [0.15, 0.2) is 24.3 Å². The van der Waals surface area contributed by atoms with Crippen molar-refractivity contribution in [2.75, 3.05) is 24.1 Å². The summed E-state index contributed by atoms with van der Waals surface area (Å²) in [6.07, 6.45) is 1.15. The minimum Gasteiger partial charge on any atom is -0.368 e. The summed E-state index contributed by atoms with van der Waals surface area (Å²) < 4.78 is 1.06. The highest BCUT2D eigenvalue weighted by molar-refractivity contribution is 5.91. The summed E-state index contributed by atoms with van der Waals surface area (Å²) in [6.45, 7) is 3.76. The molecule has 1 fully saturated rings. The van der Waals surface area contributed by atoms with E-state index in [2.05, 4.69) is 20.7 Å². The van der Waals surface area contributed by atoms with E-state index < -0.39 is 6.03 Å². The Morgan fingerprint density at radius 3 is 2.76 bits per heavy atom. The van der Waals surface area contributed by atoms with Crippen LogP contribution in [0.5, 0.6) is 0 Å². The van der Waals surface area contributed by atoms with Crippen molar-refractivity contribution in [1.29, 1.82) is 0 Å². The quantitative estimate of drug-likeness (QED) is 0.773. The van der Waals surface area contributed by atoms with Gasteiger partial charge in [0.1, 0.15) is 5.82 Å². The fourth-order valence-electron chi connectivity index (χ4n) is 2.54. The summed E-state index contributed by atoms with van der Waals surface area (Å²) in [5.41, 5.74) is 7.62. The van der Waals surface area contributed by atoms with Crippen LogP contribution in [0.2, 0.25) is 0 Å². The van der Waals surface area contributed by atoms with Gasteiger partial charge in [0, 0.05) is 12.2 Å². The lowest BCUT2D eigenvalue weighted by molar-refractivity contribution is 0.251. The number of nitrogens with one attached hydrogen (secondary N) is 2. The molecule has 1 amide bonds. The summed E-state index contributed by atoms with van der Waals surface area (Å²) in [4.78, 5) is 16.0. The van der Waals surface area contributed by atoms with Crippen LogP contribution in [-0.4, -0.2) is 33.9 Å². The first kappa shape index (κ1) is 13.6. The first-order valence-corrected chi connectivity index (χ1v) is 6.94. The molecule has 1 aromatic carbocycles. The first-order chi connectivity index (χ1) is 10.1. The first-order valence-electron chi connectivity index (χ1n) is 6.94. The molecule has 1 atom stereocenters. The Bertz CT molecular complexity index is 642. The van der Waals surface area contributed by atoms with Crippen molar-refractivity contribution < 1.29 is 4.79 Å². The van der Waals surface area contributed by atoms with Crippen molar-refractivity contribution in [1.82, 2.24) is 20.1 Å². The third-order valence-electron chi connectivity index (χ3n) is 3.62. The maximum atomic E-state index is 12.0. The molecule has 0 bridgehead atoms. The number of amides is 1. The summed E-state index contributed by atoms with van der Waals surface area (Å²) in [5.74, 6) is 1.11. The SMILES string of the molecule is Cc1nc(N)n(C(=O)Nc2ccc(C3CCNC3)cc2)n1. The number of nitrogen functional groups attached to an aromatic ring is 1. The van der Waals surface area contributed by atoms with Gasteiger partial charge >= 0.3 is 6.03 Å². The van der Waals surface area contributed by atoms with Crippen molar-refractivity contribution >= 4 is 17.7 Å². The molecule has 1 aliphatic heterocycles. The van der Waals surface area contributed by atoms with E-state index in [9.17, 15) is 4.79 Å². The zero-order valence-electron chi connectivity index (χ0n) is 11.8. The number of nitrogens with two attached hydrogens (primary N) is 1. The lowest BCUT2D eigenvalue weighted by Crippen LogP contribution is -2.22. The second-order valence-electron chi connectivity index (χ2n) is 5.17. The molecule has 3 rings (SSSR count). The van der Waals surface area contributed by atoms with Crippen LogP contribution < -0.4 is 16.4 Å². The number of carbonyl (C=O) groups is 1. The van der Waals surface area contributed by atoms with Gasteiger partial charge < -0.3 is 16.4 Å². The van der Waals surface area contributed by atoms with E-state index in [0.29, 0.717) is 17.4 Å². The second-order valence-corrected chi connectivity index (χ2v) is 5.17. The minimum absolute atomic E-state index is 0.0821. The van der Waals surface area contributed by atoms with E-state index in [1.54, 1.807) is 6.92 Å². The predicted octanol–water partition coefficient (Wildman–Crippen LogP) is 1.33. The fraction of sp³-hybridized carbons (Fsp3) is 0.357. The fourth-order valence-corrected chi connectivity index (χ4v) is 2.54. The Morgan fingerprint density at radius 1 is 1.43 bits per heavy atom. The Kier molecular flexibility index (Phi) is 3.57. The van der Waals surface area contributed by atoms with Crippen LogP contribution in [0.4, 0.5) is 16.4 Å². The molecule has 0 spiro atoms. The molecule has 1 saturated heterocycles. The van der Waals surface area contributed by atoms with Crippen molar-refractivity contribution in [3.63, 3.8) is 0 Å². The highest BCUT2D eigenvalue weighted by Gasteiger charge is 2.16. The third kappa shape index (κ3) is 2.87. The van der Waals surface area contributed by atoms with Gasteiger partial charge in [-0.3, -0.25) is 0 Å². The van der Waals surface area contributed by atoms with Crippen LogP contribution in [0.1, 0.15) is 23.7 Å². The molecule has 2 aromatic rings. The van der Waals surface area contributed by atoms with Gasteiger partial charge in [0.15, 0.2) is 0 Å². The maximum Gasteiger partial charge on any atom is 0.349 e. The van der Waals surface area contributed by atoms with Crippen LogP contribution in [0.3, 0.4) is 0 Å². The Labute approximate surface area is 122 Å². The van der Waals surface area contributed by atoms with Gasteiger partial charge in [-0.25, -0.2) is 4.79 Å². The Balaban J connectivity index is 1.70. The predicted molar refractivity (Wildman–Crippen MR) is 80.3 cm³/mol. The molecule has 1 aromatic heterocycles. The Morgan fingerprint density at radius 2 is 2.19 bits per heavy atom. The highest BCUT2D eigenvalue weighted by atomic mass is 16.2.